The van der Waals surface area contributed by atoms with Crippen molar-refractivity contribution in [1.82, 2.24) is 40.8 Å². The van der Waals surface area contributed by atoms with Crippen LogP contribution in [0.25, 0.3) is 11.3 Å². The number of carbonyl (C=O) groups is 4. The molecule has 300 valence electrons. The van der Waals surface area contributed by atoms with Crippen LogP contribution in [0.15, 0.2) is 97.2 Å². The molecule has 4 aromatic rings. The SMILES string of the molecule is CC[C@H](C)[C@@H](C(=O)N[C@@H](Cc1ccccc1)[C@@H](O)CN(Cc1ccc(-c2ccccn2)cc1)NC(=O)[C@H]1NC(=O)OC1C)N1CCN(Cc2cccc(C)n2)C1=O. The van der Waals surface area contributed by atoms with Gasteiger partial charge in [0, 0.05) is 43.6 Å². The molecule has 57 heavy (non-hydrogen) atoms. The van der Waals surface area contributed by atoms with Gasteiger partial charge in [-0.25, -0.2) is 14.6 Å². The first kappa shape index (κ1) is 40.8. The standard InChI is InChI=1S/C43H52N8O6/c1-5-28(2)39(51-23-22-49(43(51)56)26-34-15-11-12-29(3)45-34)41(54)46-36(24-31-13-7-6-8-14-31)37(52)27-50(48-40(53)38-30(4)57-42(55)47-38)25-32-17-19-33(20-18-32)35-16-9-10-21-44-35/h6-21,28,30,36-39,52H,5,22-27H2,1-4H3,(H,46,54)(H,47,55)(H,48,53)/t28-,30?,36-,37-,38-,39-/m0/s1. The predicted molar refractivity (Wildman–Crippen MR) is 214 cm³/mol. The zero-order valence-electron chi connectivity index (χ0n) is 32.9. The van der Waals surface area contributed by atoms with E-state index in [-0.39, 0.29) is 37.4 Å². The Kier molecular flexibility index (Phi) is 13.5. The molecule has 0 radical (unpaired) electrons. The maximum Gasteiger partial charge on any atom is 0.408 e. The number of aliphatic hydroxyl groups excluding tert-OH is 1. The number of rotatable bonds is 17. The molecule has 2 aromatic heterocycles. The monoisotopic (exact) mass is 776 g/mol. The lowest BCUT2D eigenvalue weighted by Crippen LogP contribution is -2.59. The molecule has 1 unspecified atom stereocenters. The van der Waals surface area contributed by atoms with Crippen molar-refractivity contribution in [2.24, 2.45) is 5.92 Å². The number of nitrogens with one attached hydrogen (secondary N) is 3. The quantitative estimate of drug-likeness (QED) is 0.115. The molecule has 4 heterocycles. The van der Waals surface area contributed by atoms with E-state index in [0.29, 0.717) is 26.1 Å². The van der Waals surface area contributed by atoms with Gasteiger partial charge in [-0.15, -0.1) is 0 Å². The van der Waals surface area contributed by atoms with Crippen LogP contribution in [0.2, 0.25) is 0 Å². The van der Waals surface area contributed by atoms with Crippen LogP contribution in [0.1, 0.15) is 49.7 Å². The molecular formula is C43H52N8O6. The van der Waals surface area contributed by atoms with Gasteiger partial charge in [-0.3, -0.25) is 25.0 Å². The Morgan fingerprint density at radius 2 is 1.74 bits per heavy atom. The highest BCUT2D eigenvalue weighted by Crippen LogP contribution is 2.24. The van der Waals surface area contributed by atoms with Crippen molar-refractivity contribution in [2.75, 3.05) is 19.6 Å². The highest BCUT2D eigenvalue weighted by atomic mass is 16.6. The van der Waals surface area contributed by atoms with Crippen LogP contribution < -0.4 is 16.1 Å². The molecule has 0 bridgehead atoms. The number of hydrogen-bond donors (Lipinski definition) is 4. The maximum atomic E-state index is 14.4. The van der Waals surface area contributed by atoms with E-state index in [4.69, 9.17) is 4.74 Å². The molecule has 2 saturated heterocycles. The van der Waals surface area contributed by atoms with Gasteiger partial charge in [0.25, 0.3) is 5.91 Å². The number of urea groups is 1. The largest absolute Gasteiger partial charge is 0.444 e. The second kappa shape index (κ2) is 18.9. The van der Waals surface area contributed by atoms with E-state index in [1.54, 1.807) is 27.9 Å². The van der Waals surface area contributed by atoms with Gasteiger partial charge in [0.05, 0.1) is 30.1 Å². The molecule has 0 aliphatic carbocycles. The second-order valence-corrected chi connectivity index (χ2v) is 14.9. The lowest BCUT2D eigenvalue weighted by Gasteiger charge is -2.35. The third-order valence-electron chi connectivity index (χ3n) is 10.6. The molecular weight excluding hydrogens is 725 g/mol. The number of amides is 5. The molecule has 0 saturated carbocycles. The van der Waals surface area contributed by atoms with E-state index in [2.05, 4.69) is 26.0 Å². The summed E-state index contributed by atoms with van der Waals surface area (Å²) >= 11 is 0. The smallest absolute Gasteiger partial charge is 0.408 e. The van der Waals surface area contributed by atoms with E-state index >= 15 is 0 Å². The van der Waals surface area contributed by atoms with Crippen LogP contribution in [0, 0.1) is 12.8 Å². The first-order valence-corrected chi connectivity index (χ1v) is 19.5. The van der Waals surface area contributed by atoms with Crippen molar-refractivity contribution in [1.29, 1.82) is 0 Å². The number of aryl methyl sites for hydroxylation is 1. The van der Waals surface area contributed by atoms with Gasteiger partial charge in [0.2, 0.25) is 5.91 Å². The van der Waals surface area contributed by atoms with E-state index in [1.807, 2.05) is 112 Å². The lowest BCUT2D eigenvalue weighted by molar-refractivity contribution is -0.131. The average molecular weight is 777 g/mol. The van der Waals surface area contributed by atoms with Crippen LogP contribution in [-0.4, -0.2) is 104 Å². The molecule has 2 aromatic carbocycles. The molecule has 14 heteroatoms. The summed E-state index contributed by atoms with van der Waals surface area (Å²) in [5, 5.41) is 19.3. The number of benzene rings is 2. The van der Waals surface area contributed by atoms with Crippen molar-refractivity contribution in [2.45, 2.75) is 84.0 Å². The van der Waals surface area contributed by atoms with Crippen LogP contribution in [0.3, 0.4) is 0 Å². The number of pyridine rings is 2. The number of nitrogens with zero attached hydrogens (tertiary/aromatic N) is 5. The summed E-state index contributed by atoms with van der Waals surface area (Å²) in [5.41, 5.74) is 7.98. The Balaban J connectivity index is 1.22. The Morgan fingerprint density at radius 3 is 2.40 bits per heavy atom. The van der Waals surface area contributed by atoms with Gasteiger partial charge < -0.3 is 30.3 Å². The van der Waals surface area contributed by atoms with Crippen molar-refractivity contribution >= 4 is 23.9 Å². The van der Waals surface area contributed by atoms with Crippen LogP contribution in [-0.2, 0) is 33.8 Å². The highest BCUT2D eigenvalue weighted by Gasteiger charge is 2.41. The third kappa shape index (κ3) is 10.5. The minimum absolute atomic E-state index is 0.0880. The van der Waals surface area contributed by atoms with Crippen molar-refractivity contribution in [3.05, 3.63) is 120 Å². The number of alkyl carbamates (subject to hydrolysis) is 1. The summed E-state index contributed by atoms with van der Waals surface area (Å²) in [6.07, 6.45) is 0.0709. The summed E-state index contributed by atoms with van der Waals surface area (Å²) in [4.78, 5) is 66.1. The Morgan fingerprint density at radius 1 is 0.982 bits per heavy atom. The Labute approximate surface area is 333 Å². The Hall–Kier alpha value is -5.86. The zero-order chi connectivity index (χ0) is 40.5. The Bertz CT molecular complexity index is 1980. The van der Waals surface area contributed by atoms with Crippen LogP contribution in [0.5, 0.6) is 0 Å². The summed E-state index contributed by atoms with van der Waals surface area (Å²) in [6.45, 7) is 8.73. The van der Waals surface area contributed by atoms with Gasteiger partial charge >= 0.3 is 12.1 Å². The van der Waals surface area contributed by atoms with Gasteiger partial charge in [0.1, 0.15) is 18.2 Å². The fraction of sp³-hybridized carbons (Fsp3) is 0.395. The van der Waals surface area contributed by atoms with Gasteiger partial charge in [-0.05, 0) is 61.6 Å². The van der Waals surface area contributed by atoms with Crippen molar-refractivity contribution in [3.8, 4) is 11.3 Å². The predicted octanol–water partition coefficient (Wildman–Crippen LogP) is 4.22. The first-order valence-electron chi connectivity index (χ1n) is 19.5. The molecule has 2 aliphatic heterocycles. The fourth-order valence-electron chi connectivity index (χ4n) is 7.30. The number of cyclic esters (lactones) is 1. The fourth-order valence-corrected chi connectivity index (χ4v) is 7.30. The summed E-state index contributed by atoms with van der Waals surface area (Å²) in [5.74, 6) is -1.06. The molecule has 2 fully saturated rings. The average Bonchev–Trinajstić information content (AvgIpc) is 3.74. The maximum absolute atomic E-state index is 14.4. The molecule has 6 rings (SSSR count). The summed E-state index contributed by atoms with van der Waals surface area (Å²) in [6, 6.07) is 25.9. The van der Waals surface area contributed by atoms with E-state index in [9.17, 15) is 24.3 Å². The zero-order valence-corrected chi connectivity index (χ0v) is 32.9. The lowest BCUT2D eigenvalue weighted by atomic mass is 9.95. The third-order valence-corrected chi connectivity index (χ3v) is 10.6. The molecule has 0 spiro atoms. The van der Waals surface area contributed by atoms with Gasteiger partial charge in [-0.1, -0.05) is 87.0 Å². The number of hydrazine groups is 1. The minimum atomic E-state index is -1.19. The van der Waals surface area contributed by atoms with Crippen LogP contribution >= 0.6 is 0 Å². The number of ether oxygens (including phenoxy) is 1. The second-order valence-electron chi connectivity index (χ2n) is 14.9. The van der Waals surface area contributed by atoms with Gasteiger partial charge in [-0.2, -0.15) is 0 Å². The molecule has 6 atom stereocenters. The minimum Gasteiger partial charge on any atom is -0.444 e. The van der Waals surface area contributed by atoms with E-state index in [1.165, 1.54) is 0 Å². The highest BCUT2D eigenvalue weighted by molar-refractivity contribution is 5.89. The van der Waals surface area contributed by atoms with Gasteiger partial charge in [0.15, 0.2) is 0 Å². The molecule has 2 aliphatic rings. The number of hydrogen-bond acceptors (Lipinski definition) is 9. The summed E-state index contributed by atoms with van der Waals surface area (Å²) < 4.78 is 5.15. The summed E-state index contributed by atoms with van der Waals surface area (Å²) in [7, 11) is 0. The number of aliphatic hydroxyl groups is 1. The first-order chi connectivity index (χ1) is 27.5. The molecule has 4 N–H and O–H groups in total. The van der Waals surface area contributed by atoms with E-state index < -0.39 is 42.3 Å². The van der Waals surface area contributed by atoms with E-state index in [0.717, 1.165) is 33.8 Å². The number of carbonyl (C=O) groups excluding carboxylic acids is 4. The van der Waals surface area contributed by atoms with Crippen molar-refractivity contribution < 1.29 is 29.0 Å². The van der Waals surface area contributed by atoms with Crippen LogP contribution in [0.4, 0.5) is 9.59 Å². The molecule has 5 amide bonds. The number of aromatic nitrogens is 2. The topological polar surface area (TPSA) is 169 Å². The van der Waals surface area contributed by atoms with Crippen molar-refractivity contribution in [3.63, 3.8) is 0 Å². The molecule has 14 nitrogen and oxygen atoms in total. The normalized spacial score (nSPS) is 18.8.